The molecule has 0 aliphatic rings. The molecule has 0 fully saturated rings. The van der Waals surface area contributed by atoms with Crippen molar-refractivity contribution < 1.29 is 14.6 Å². The highest BCUT2D eigenvalue weighted by atomic mass is 32.2. The summed E-state index contributed by atoms with van der Waals surface area (Å²) in [6, 6.07) is 0. The lowest BCUT2D eigenvalue weighted by Crippen LogP contribution is -2.31. The van der Waals surface area contributed by atoms with Crippen LogP contribution in [0.25, 0.3) is 0 Å². The third-order valence-corrected chi connectivity index (χ3v) is 2.90. The number of unbranched alkanes of at least 4 members (excludes halogenated alkanes) is 1. The van der Waals surface area contributed by atoms with Gasteiger partial charge in [-0.25, -0.2) is 0 Å². The summed E-state index contributed by atoms with van der Waals surface area (Å²) in [5.74, 6) is -0.337. The Balaban J connectivity index is 3.98. The molecule has 1 N–H and O–H groups in total. The Morgan fingerprint density at radius 3 is 2.62 bits per heavy atom. The minimum absolute atomic E-state index is 0.337. The Bertz CT molecular complexity index is 150. The molecular formula is C9H18O3S. The van der Waals surface area contributed by atoms with Gasteiger partial charge in [0.2, 0.25) is 0 Å². The van der Waals surface area contributed by atoms with Crippen LogP contribution in [-0.4, -0.2) is 35.8 Å². The number of carbonyl (C=O) groups is 1. The molecule has 0 aromatic heterocycles. The second kappa shape index (κ2) is 7.21. The minimum atomic E-state index is -0.581. The summed E-state index contributed by atoms with van der Waals surface area (Å²) in [5.41, 5.74) is 0. The molecule has 0 aliphatic heterocycles. The lowest BCUT2D eigenvalue weighted by Gasteiger charge is -2.18. The van der Waals surface area contributed by atoms with Crippen LogP contribution in [0, 0.1) is 0 Å². The molecule has 0 amide bonds. The number of ether oxygens (including phenoxy) is 1. The Labute approximate surface area is 83.9 Å². The molecule has 0 aliphatic carbocycles. The van der Waals surface area contributed by atoms with E-state index in [1.165, 1.54) is 18.9 Å². The third-order valence-electron chi connectivity index (χ3n) is 1.89. The summed E-state index contributed by atoms with van der Waals surface area (Å²) >= 11 is 1.34. The van der Waals surface area contributed by atoms with Gasteiger partial charge in [-0.3, -0.25) is 4.79 Å². The molecule has 0 saturated carbocycles. The number of aliphatic hydroxyl groups is 1. The summed E-state index contributed by atoms with van der Waals surface area (Å²) in [6.45, 7) is 2.05. The van der Waals surface area contributed by atoms with Crippen molar-refractivity contribution in [3.63, 3.8) is 0 Å². The van der Waals surface area contributed by atoms with E-state index >= 15 is 0 Å². The normalized spacial score (nSPS) is 15.1. The summed E-state index contributed by atoms with van der Waals surface area (Å²) < 4.78 is 4.58. The largest absolute Gasteiger partial charge is 0.468 e. The van der Waals surface area contributed by atoms with Gasteiger partial charge in [0.1, 0.15) is 5.25 Å². The van der Waals surface area contributed by atoms with Gasteiger partial charge in [0.05, 0.1) is 13.2 Å². The Morgan fingerprint density at radius 2 is 2.23 bits per heavy atom. The molecular weight excluding hydrogens is 188 g/mol. The molecule has 0 radical (unpaired) electrons. The molecule has 0 heterocycles. The zero-order chi connectivity index (χ0) is 10.3. The van der Waals surface area contributed by atoms with Crippen molar-refractivity contribution in [2.24, 2.45) is 0 Å². The maximum Gasteiger partial charge on any atom is 0.321 e. The standard InChI is InChI=1S/C9H18O3S/c1-4-5-6-7(10)8(13-3)9(11)12-2/h7-8,10H,4-6H2,1-3H3/t7-,8-/m0/s1. The number of rotatable bonds is 6. The zero-order valence-corrected chi connectivity index (χ0v) is 9.26. The van der Waals surface area contributed by atoms with Gasteiger partial charge in [-0.2, -0.15) is 0 Å². The van der Waals surface area contributed by atoms with Crippen LogP contribution in [-0.2, 0) is 9.53 Å². The first-order valence-electron chi connectivity index (χ1n) is 4.46. The van der Waals surface area contributed by atoms with Gasteiger partial charge in [-0.1, -0.05) is 19.8 Å². The lowest BCUT2D eigenvalue weighted by atomic mass is 10.1. The van der Waals surface area contributed by atoms with Crippen LogP contribution in [0.15, 0.2) is 0 Å². The predicted octanol–water partition coefficient (Wildman–Crippen LogP) is 1.44. The van der Waals surface area contributed by atoms with Crippen LogP contribution >= 0.6 is 11.8 Å². The first kappa shape index (κ1) is 12.8. The van der Waals surface area contributed by atoms with Crippen molar-refractivity contribution in [3.05, 3.63) is 0 Å². The van der Waals surface area contributed by atoms with Crippen LogP contribution in [0.5, 0.6) is 0 Å². The van der Waals surface area contributed by atoms with E-state index in [2.05, 4.69) is 11.7 Å². The van der Waals surface area contributed by atoms with Crippen molar-refractivity contribution in [2.45, 2.75) is 37.5 Å². The quantitative estimate of drug-likeness (QED) is 0.668. The van der Waals surface area contributed by atoms with E-state index in [0.717, 1.165) is 12.8 Å². The highest BCUT2D eigenvalue weighted by Crippen LogP contribution is 2.17. The summed E-state index contributed by atoms with van der Waals surface area (Å²) in [6.07, 6.45) is 3.85. The number of carbonyl (C=O) groups excluding carboxylic acids is 1. The average molecular weight is 206 g/mol. The van der Waals surface area contributed by atoms with E-state index in [4.69, 9.17) is 0 Å². The molecule has 0 bridgehead atoms. The molecule has 0 saturated heterocycles. The first-order chi connectivity index (χ1) is 6.17. The number of esters is 1. The van der Waals surface area contributed by atoms with Crippen molar-refractivity contribution >= 4 is 17.7 Å². The van der Waals surface area contributed by atoms with E-state index < -0.39 is 11.4 Å². The van der Waals surface area contributed by atoms with Crippen molar-refractivity contribution in [2.75, 3.05) is 13.4 Å². The van der Waals surface area contributed by atoms with E-state index in [-0.39, 0.29) is 5.97 Å². The van der Waals surface area contributed by atoms with Crippen LogP contribution in [0.2, 0.25) is 0 Å². The number of thioether (sulfide) groups is 1. The second-order valence-electron chi connectivity index (χ2n) is 2.89. The Kier molecular flexibility index (Phi) is 7.09. The fourth-order valence-electron chi connectivity index (χ4n) is 1.09. The highest BCUT2D eigenvalue weighted by molar-refractivity contribution is 7.99. The molecule has 4 heteroatoms. The van der Waals surface area contributed by atoms with Gasteiger partial charge >= 0.3 is 5.97 Å². The number of aliphatic hydroxyl groups excluding tert-OH is 1. The Morgan fingerprint density at radius 1 is 1.62 bits per heavy atom. The number of hydrogen-bond donors (Lipinski definition) is 1. The van der Waals surface area contributed by atoms with E-state index in [9.17, 15) is 9.90 Å². The number of methoxy groups -OCH3 is 1. The Hall–Kier alpha value is -0.220. The van der Waals surface area contributed by atoms with E-state index in [1.54, 1.807) is 6.26 Å². The first-order valence-corrected chi connectivity index (χ1v) is 5.74. The van der Waals surface area contributed by atoms with Crippen LogP contribution < -0.4 is 0 Å². The maximum atomic E-state index is 11.1. The summed E-state index contributed by atoms with van der Waals surface area (Å²) in [4.78, 5) is 11.1. The summed E-state index contributed by atoms with van der Waals surface area (Å²) in [7, 11) is 1.35. The fourth-order valence-corrected chi connectivity index (χ4v) is 1.83. The molecule has 0 spiro atoms. The van der Waals surface area contributed by atoms with E-state index in [0.29, 0.717) is 6.42 Å². The van der Waals surface area contributed by atoms with Gasteiger partial charge in [-0.15, -0.1) is 11.8 Å². The molecule has 2 atom stereocenters. The lowest BCUT2D eigenvalue weighted by molar-refractivity contribution is -0.142. The average Bonchev–Trinajstić information content (AvgIpc) is 2.15. The van der Waals surface area contributed by atoms with Gasteiger partial charge in [-0.05, 0) is 12.7 Å². The molecule has 13 heavy (non-hydrogen) atoms. The molecule has 0 aromatic rings. The molecule has 78 valence electrons. The SMILES string of the molecule is CCCC[C@H](O)[C@H](SC)C(=O)OC. The molecule has 0 rings (SSSR count). The maximum absolute atomic E-state index is 11.1. The molecule has 0 unspecified atom stereocenters. The third kappa shape index (κ3) is 4.52. The zero-order valence-electron chi connectivity index (χ0n) is 8.45. The van der Waals surface area contributed by atoms with Gasteiger partial charge in [0, 0.05) is 0 Å². The highest BCUT2D eigenvalue weighted by Gasteiger charge is 2.25. The molecule has 3 nitrogen and oxygen atoms in total. The fraction of sp³-hybridized carbons (Fsp3) is 0.889. The number of hydrogen-bond acceptors (Lipinski definition) is 4. The van der Waals surface area contributed by atoms with Gasteiger partial charge in [0.15, 0.2) is 0 Å². The van der Waals surface area contributed by atoms with Crippen LogP contribution in [0.3, 0.4) is 0 Å². The smallest absolute Gasteiger partial charge is 0.321 e. The van der Waals surface area contributed by atoms with Crippen molar-refractivity contribution in [1.82, 2.24) is 0 Å². The van der Waals surface area contributed by atoms with Crippen LogP contribution in [0.4, 0.5) is 0 Å². The van der Waals surface area contributed by atoms with Gasteiger partial charge in [0.25, 0.3) is 0 Å². The van der Waals surface area contributed by atoms with Crippen molar-refractivity contribution in [3.8, 4) is 0 Å². The van der Waals surface area contributed by atoms with Gasteiger partial charge < -0.3 is 9.84 Å². The van der Waals surface area contributed by atoms with Crippen molar-refractivity contribution in [1.29, 1.82) is 0 Å². The summed E-state index contributed by atoms with van der Waals surface area (Å²) in [5, 5.41) is 9.19. The predicted molar refractivity (Wildman–Crippen MR) is 54.9 cm³/mol. The minimum Gasteiger partial charge on any atom is -0.468 e. The topological polar surface area (TPSA) is 46.5 Å². The molecule has 0 aromatic carbocycles. The van der Waals surface area contributed by atoms with E-state index in [1.807, 2.05) is 0 Å². The van der Waals surface area contributed by atoms with Crippen LogP contribution in [0.1, 0.15) is 26.2 Å². The second-order valence-corrected chi connectivity index (χ2v) is 3.87. The monoisotopic (exact) mass is 206 g/mol.